The summed E-state index contributed by atoms with van der Waals surface area (Å²) < 4.78 is 5.45. The van der Waals surface area contributed by atoms with E-state index in [2.05, 4.69) is 51.1 Å². The molecule has 134 valence electrons. The maximum Gasteiger partial charge on any atom is 0.336 e. The molecule has 3 aromatic carbocycles. The topological polar surface area (TPSA) is 30.2 Å². The summed E-state index contributed by atoms with van der Waals surface area (Å²) in [5.74, 6) is 0. The van der Waals surface area contributed by atoms with Gasteiger partial charge < -0.3 is 4.42 Å². The molecule has 0 atom stereocenters. The Morgan fingerprint density at radius 3 is 2.15 bits per heavy atom. The van der Waals surface area contributed by atoms with Crippen molar-refractivity contribution in [1.29, 1.82) is 0 Å². The molecule has 0 fully saturated rings. The van der Waals surface area contributed by atoms with Crippen molar-refractivity contribution in [3.8, 4) is 22.3 Å². The zero-order valence-corrected chi connectivity index (χ0v) is 15.8. The molecular formula is C25H22O2. The van der Waals surface area contributed by atoms with E-state index in [1.54, 1.807) is 6.07 Å². The van der Waals surface area contributed by atoms with E-state index in [0.717, 1.165) is 27.6 Å². The monoisotopic (exact) mass is 354 g/mol. The molecule has 0 aliphatic rings. The SMILES string of the molecule is CC(C)(C)c1ccc2oc(=O)cc(-c3cccc(-c4ccccc4)c3)c2c1. The van der Waals surface area contributed by atoms with Crippen LogP contribution in [0, 0.1) is 0 Å². The lowest BCUT2D eigenvalue weighted by Gasteiger charge is -2.20. The third-order valence-electron chi connectivity index (χ3n) is 4.89. The molecule has 0 amide bonds. The summed E-state index contributed by atoms with van der Waals surface area (Å²) in [4.78, 5) is 12.1. The highest BCUT2D eigenvalue weighted by Crippen LogP contribution is 2.33. The summed E-state index contributed by atoms with van der Waals surface area (Å²) >= 11 is 0. The Morgan fingerprint density at radius 2 is 1.41 bits per heavy atom. The average Bonchev–Trinajstić information content (AvgIpc) is 2.67. The van der Waals surface area contributed by atoms with Gasteiger partial charge in [-0.1, -0.05) is 75.4 Å². The highest BCUT2D eigenvalue weighted by atomic mass is 16.4. The highest BCUT2D eigenvalue weighted by molar-refractivity contribution is 5.94. The molecule has 4 rings (SSSR count). The number of hydrogen-bond donors (Lipinski definition) is 0. The van der Waals surface area contributed by atoms with Gasteiger partial charge in [-0.2, -0.15) is 0 Å². The van der Waals surface area contributed by atoms with Crippen LogP contribution in [0.5, 0.6) is 0 Å². The number of hydrogen-bond acceptors (Lipinski definition) is 2. The largest absolute Gasteiger partial charge is 0.423 e. The summed E-state index contributed by atoms with van der Waals surface area (Å²) in [5.41, 5.74) is 5.73. The molecule has 2 nitrogen and oxygen atoms in total. The lowest BCUT2D eigenvalue weighted by atomic mass is 9.85. The molecule has 0 aliphatic carbocycles. The second-order valence-corrected chi connectivity index (χ2v) is 7.89. The normalized spacial score (nSPS) is 11.7. The smallest absolute Gasteiger partial charge is 0.336 e. The predicted molar refractivity (Wildman–Crippen MR) is 112 cm³/mol. The maximum absolute atomic E-state index is 12.1. The van der Waals surface area contributed by atoms with Crippen LogP contribution in [0.15, 0.2) is 88.1 Å². The van der Waals surface area contributed by atoms with Gasteiger partial charge in [0, 0.05) is 11.5 Å². The summed E-state index contributed by atoms with van der Waals surface area (Å²) in [6.45, 7) is 6.55. The summed E-state index contributed by atoms with van der Waals surface area (Å²) in [7, 11) is 0. The van der Waals surface area contributed by atoms with Crippen molar-refractivity contribution in [2.24, 2.45) is 0 Å². The zero-order chi connectivity index (χ0) is 19.0. The van der Waals surface area contributed by atoms with E-state index in [0.29, 0.717) is 5.58 Å². The molecule has 0 bridgehead atoms. The van der Waals surface area contributed by atoms with Gasteiger partial charge >= 0.3 is 5.63 Å². The minimum atomic E-state index is -0.328. The summed E-state index contributed by atoms with van der Waals surface area (Å²) in [5, 5.41) is 0.965. The first-order valence-corrected chi connectivity index (χ1v) is 9.16. The number of rotatable bonds is 2. The summed E-state index contributed by atoms with van der Waals surface area (Å²) in [6, 6.07) is 26.2. The zero-order valence-electron chi connectivity index (χ0n) is 15.8. The second-order valence-electron chi connectivity index (χ2n) is 7.89. The van der Waals surface area contributed by atoms with Crippen molar-refractivity contribution in [2.45, 2.75) is 26.2 Å². The van der Waals surface area contributed by atoms with Crippen LogP contribution in [0.25, 0.3) is 33.2 Å². The first-order chi connectivity index (χ1) is 12.9. The van der Waals surface area contributed by atoms with Gasteiger partial charge in [0.05, 0.1) is 0 Å². The van der Waals surface area contributed by atoms with Crippen LogP contribution in [0.3, 0.4) is 0 Å². The van der Waals surface area contributed by atoms with Crippen LogP contribution in [0.1, 0.15) is 26.3 Å². The Labute approximate surface area is 159 Å². The van der Waals surface area contributed by atoms with E-state index in [1.165, 1.54) is 5.56 Å². The Morgan fingerprint density at radius 1 is 0.704 bits per heavy atom. The quantitative estimate of drug-likeness (QED) is 0.389. The highest BCUT2D eigenvalue weighted by Gasteiger charge is 2.16. The minimum absolute atomic E-state index is 0.0213. The van der Waals surface area contributed by atoms with Crippen molar-refractivity contribution in [3.63, 3.8) is 0 Å². The molecule has 1 aromatic heterocycles. The van der Waals surface area contributed by atoms with Crippen LogP contribution in [0.4, 0.5) is 0 Å². The van der Waals surface area contributed by atoms with E-state index >= 15 is 0 Å². The van der Waals surface area contributed by atoms with Crippen LogP contribution >= 0.6 is 0 Å². The average molecular weight is 354 g/mol. The van der Waals surface area contributed by atoms with Crippen LogP contribution < -0.4 is 5.63 Å². The molecule has 1 heterocycles. The molecule has 4 aromatic rings. The van der Waals surface area contributed by atoms with E-state index in [9.17, 15) is 4.79 Å². The lowest BCUT2D eigenvalue weighted by molar-refractivity contribution is 0.559. The van der Waals surface area contributed by atoms with Gasteiger partial charge in [0.2, 0.25) is 0 Å². The van der Waals surface area contributed by atoms with E-state index in [1.807, 2.05) is 42.5 Å². The standard InChI is InChI=1S/C25H22O2/c1-25(2,3)20-12-13-23-22(15-20)21(16-24(26)27-23)19-11-7-10-18(14-19)17-8-5-4-6-9-17/h4-16H,1-3H3. The Bertz CT molecular complexity index is 1160. The lowest BCUT2D eigenvalue weighted by Crippen LogP contribution is -2.11. The fourth-order valence-corrected chi connectivity index (χ4v) is 3.37. The number of fused-ring (bicyclic) bond motifs is 1. The Balaban J connectivity index is 1.95. The van der Waals surface area contributed by atoms with Crippen molar-refractivity contribution in [2.75, 3.05) is 0 Å². The fourth-order valence-electron chi connectivity index (χ4n) is 3.37. The Kier molecular flexibility index (Phi) is 4.19. The van der Waals surface area contributed by atoms with Gasteiger partial charge in [-0.05, 0) is 51.4 Å². The fraction of sp³-hybridized carbons (Fsp3) is 0.160. The van der Waals surface area contributed by atoms with Crippen LogP contribution in [-0.4, -0.2) is 0 Å². The predicted octanol–water partition coefficient (Wildman–Crippen LogP) is 6.42. The van der Waals surface area contributed by atoms with E-state index < -0.39 is 0 Å². The maximum atomic E-state index is 12.1. The first-order valence-electron chi connectivity index (χ1n) is 9.16. The van der Waals surface area contributed by atoms with Crippen LogP contribution in [0.2, 0.25) is 0 Å². The minimum Gasteiger partial charge on any atom is -0.423 e. The van der Waals surface area contributed by atoms with Gasteiger partial charge in [0.25, 0.3) is 0 Å². The molecule has 0 aliphatic heterocycles. The third kappa shape index (κ3) is 3.43. The molecule has 0 spiro atoms. The molecule has 0 N–H and O–H groups in total. The van der Waals surface area contributed by atoms with E-state index in [4.69, 9.17) is 4.42 Å². The van der Waals surface area contributed by atoms with Crippen LogP contribution in [-0.2, 0) is 5.41 Å². The molecule has 0 saturated carbocycles. The second kappa shape index (κ2) is 6.55. The van der Waals surface area contributed by atoms with Crippen molar-refractivity contribution in [3.05, 3.63) is 94.8 Å². The molecule has 2 heteroatoms. The van der Waals surface area contributed by atoms with Crippen molar-refractivity contribution in [1.82, 2.24) is 0 Å². The molecular weight excluding hydrogens is 332 g/mol. The summed E-state index contributed by atoms with van der Waals surface area (Å²) in [6.07, 6.45) is 0. The molecule has 0 unspecified atom stereocenters. The van der Waals surface area contributed by atoms with Gasteiger partial charge in [0.1, 0.15) is 5.58 Å². The van der Waals surface area contributed by atoms with Crippen molar-refractivity contribution >= 4 is 11.0 Å². The van der Waals surface area contributed by atoms with Gasteiger partial charge in [-0.25, -0.2) is 4.79 Å². The number of benzene rings is 3. The molecule has 27 heavy (non-hydrogen) atoms. The van der Waals surface area contributed by atoms with Gasteiger partial charge in [-0.3, -0.25) is 0 Å². The molecule has 0 saturated heterocycles. The van der Waals surface area contributed by atoms with Gasteiger partial charge in [0.15, 0.2) is 0 Å². The van der Waals surface area contributed by atoms with Gasteiger partial charge in [-0.15, -0.1) is 0 Å². The van der Waals surface area contributed by atoms with E-state index in [-0.39, 0.29) is 11.0 Å². The Hall–Kier alpha value is -3.13. The third-order valence-corrected chi connectivity index (χ3v) is 4.89. The molecule has 0 radical (unpaired) electrons. The van der Waals surface area contributed by atoms with Crippen molar-refractivity contribution < 1.29 is 4.42 Å². The first kappa shape index (κ1) is 17.3.